The number of hydrogen-bond donors (Lipinski definition) is 1. The maximum atomic E-state index is 6.01. The zero-order valence-corrected chi connectivity index (χ0v) is 13.1. The summed E-state index contributed by atoms with van der Waals surface area (Å²) in [6, 6.07) is 8.36. The van der Waals surface area contributed by atoms with Gasteiger partial charge in [0.2, 0.25) is 5.28 Å². The van der Waals surface area contributed by atoms with Gasteiger partial charge in [0, 0.05) is 10.6 Å². The SMILES string of the molecule is Cc1ccc(Nc2nc(Cl)nc3sc(C)cc23)c(C)c1. The maximum Gasteiger partial charge on any atom is 0.225 e. The summed E-state index contributed by atoms with van der Waals surface area (Å²) in [5, 5.41) is 4.65. The normalized spacial score (nSPS) is 11.0. The molecule has 20 heavy (non-hydrogen) atoms. The largest absolute Gasteiger partial charge is 0.339 e. The highest BCUT2D eigenvalue weighted by Crippen LogP contribution is 2.32. The average Bonchev–Trinajstić information content (AvgIpc) is 2.73. The minimum atomic E-state index is 0.270. The Morgan fingerprint density at radius 1 is 1.10 bits per heavy atom. The number of fused-ring (bicyclic) bond motifs is 1. The number of nitrogens with zero attached hydrogens (tertiary/aromatic N) is 2. The summed E-state index contributed by atoms with van der Waals surface area (Å²) in [4.78, 5) is 10.7. The molecule has 0 bridgehead atoms. The maximum absolute atomic E-state index is 6.01. The van der Waals surface area contributed by atoms with Crippen LogP contribution in [0, 0.1) is 20.8 Å². The van der Waals surface area contributed by atoms with Gasteiger partial charge in [-0.15, -0.1) is 11.3 Å². The molecule has 0 fully saturated rings. The standard InChI is InChI=1S/C15H14ClN3S/c1-8-4-5-12(9(2)6-8)17-13-11-7-10(3)20-14(11)19-15(16)18-13/h4-7H,1-3H3,(H,17,18,19). The van der Waals surface area contributed by atoms with E-state index in [0.717, 1.165) is 21.7 Å². The number of rotatable bonds is 2. The van der Waals surface area contributed by atoms with E-state index in [-0.39, 0.29) is 5.28 Å². The summed E-state index contributed by atoms with van der Waals surface area (Å²) in [6.45, 7) is 6.22. The summed E-state index contributed by atoms with van der Waals surface area (Å²) >= 11 is 7.63. The molecule has 0 radical (unpaired) electrons. The van der Waals surface area contributed by atoms with Gasteiger partial charge in [-0.2, -0.15) is 4.98 Å². The summed E-state index contributed by atoms with van der Waals surface area (Å²) < 4.78 is 0. The lowest BCUT2D eigenvalue weighted by Crippen LogP contribution is -1.98. The van der Waals surface area contributed by atoms with Crippen LogP contribution in [-0.2, 0) is 0 Å². The van der Waals surface area contributed by atoms with Crippen molar-refractivity contribution < 1.29 is 0 Å². The quantitative estimate of drug-likeness (QED) is 0.676. The first kappa shape index (κ1) is 13.3. The molecular weight excluding hydrogens is 290 g/mol. The highest BCUT2D eigenvalue weighted by Gasteiger charge is 2.10. The van der Waals surface area contributed by atoms with Gasteiger partial charge in [-0.3, -0.25) is 0 Å². The van der Waals surface area contributed by atoms with E-state index < -0.39 is 0 Å². The predicted octanol–water partition coefficient (Wildman–Crippen LogP) is 5.01. The van der Waals surface area contributed by atoms with Gasteiger partial charge in [-0.1, -0.05) is 17.7 Å². The van der Waals surface area contributed by atoms with Crippen LogP contribution < -0.4 is 5.32 Å². The van der Waals surface area contributed by atoms with Gasteiger partial charge in [-0.25, -0.2) is 4.98 Å². The fourth-order valence-corrected chi connectivity index (χ4v) is 3.29. The van der Waals surface area contributed by atoms with Crippen molar-refractivity contribution in [1.29, 1.82) is 0 Å². The third-order valence-corrected chi connectivity index (χ3v) is 4.24. The molecule has 0 spiro atoms. The second-order valence-corrected chi connectivity index (χ2v) is 6.43. The van der Waals surface area contributed by atoms with E-state index in [2.05, 4.69) is 60.3 Å². The van der Waals surface area contributed by atoms with Crippen LogP contribution in [-0.4, -0.2) is 9.97 Å². The average molecular weight is 304 g/mol. The van der Waals surface area contributed by atoms with Gasteiger partial charge in [0.15, 0.2) is 0 Å². The Morgan fingerprint density at radius 2 is 1.90 bits per heavy atom. The number of aryl methyl sites for hydroxylation is 3. The molecule has 0 saturated heterocycles. The number of halogens is 1. The van der Waals surface area contributed by atoms with E-state index in [9.17, 15) is 0 Å². The second-order valence-electron chi connectivity index (χ2n) is 4.86. The predicted molar refractivity (Wildman–Crippen MR) is 86.4 cm³/mol. The Bertz CT molecular complexity index is 795. The molecule has 102 valence electrons. The number of anilines is 2. The molecule has 2 heterocycles. The fourth-order valence-electron chi connectivity index (χ4n) is 2.19. The van der Waals surface area contributed by atoms with E-state index in [1.807, 2.05) is 0 Å². The Kier molecular flexibility index (Phi) is 3.36. The summed E-state index contributed by atoms with van der Waals surface area (Å²) in [5.74, 6) is 0.760. The lowest BCUT2D eigenvalue weighted by atomic mass is 10.1. The first-order chi connectivity index (χ1) is 9.52. The first-order valence-corrected chi connectivity index (χ1v) is 7.50. The molecule has 0 saturated carbocycles. The van der Waals surface area contributed by atoms with Crippen LogP contribution in [0.4, 0.5) is 11.5 Å². The molecule has 5 heteroatoms. The molecule has 3 aromatic rings. The van der Waals surface area contributed by atoms with E-state index in [1.54, 1.807) is 11.3 Å². The fraction of sp³-hybridized carbons (Fsp3) is 0.200. The van der Waals surface area contributed by atoms with Crippen molar-refractivity contribution in [2.75, 3.05) is 5.32 Å². The lowest BCUT2D eigenvalue weighted by molar-refractivity contribution is 1.22. The van der Waals surface area contributed by atoms with Crippen LogP contribution in [0.15, 0.2) is 24.3 Å². The Morgan fingerprint density at radius 3 is 2.65 bits per heavy atom. The summed E-state index contributed by atoms with van der Waals surface area (Å²) in [5.41, 5.74) is 3.46. The highest BCUT2D eigenvalue weighted by molar-refractivity contribution is 7.18. The van der Waals surface area contributed by atoms with Gasteiger partial charge in [0.05, 0.1) is 5.39 Å². The number of thiophene rings is 1. The zero-order chi connectivity index (χ0) is 14.3. The van der Waals surface area contributed by atoms with E-state index in [4.69, 9.17) is 11.6 Å². The van der Waals surface area contributed by atoms with Gasteiger partial charge >= 0.3 is 0 Å². The van der Waals surface area contributed by atoms with E-state index in [0.29, 0.717) is 0 Å². The molecule has 3 nitrogen and oxygen atoms in total. The molecular formula is C15H14ClN3S. The van der Waals surface area contributed by atoms with Crippen molar-refractivity contribution >= 4 is 44.7 Å². The zero-order valence-electron chi connectivity index (χ0n) is 11.5. The number of nitrogens with one attached hydrogen (secondary N) is 1. The van der Waals surface area contributed by atoms with E-state index in [1.165, 1.54) is 16.0 Å². The smallest absolute Gasteiger partial charge is 0.225 e. The number of benzene rings is 1. The molecule has 0 aliphatic rings. The van der Waals surface area contributed by atoms with Crippen molar-refractivity contribution in [1.82, 2.24) is 9.97 Å². The van der Waals surface area contributed by atoms with Crippen LogP contribution in [0.5, 0.6) is 0 Å². The molecule has 0 amide bonds. The van der Waals surface area contributed by atoms with Crippen molar-refractivity contribution in [3.8, 4) is 0 Å². The molecule has 1 N–H and O–H groups in total. The van der Waals surface area contributed by atoms with E-state index >= 15 is 0 Å². The molecule has 1 aromatic carbocycles. The third-order valence-electron chi connectivity index (χ3n) is 3.12. The molecule has 2 aromatic heterocycles. The molecule has 3 rings (SSSR count). The van der Waals surface area contributed by atoms with Crippen molar-refractivity contribution in [3.05, 3.63) is 45.6 Å². The van der Waals surface area contributed by atoms with Gasteiger partial charge in [0.25, 0.3) is 0 Å². The van der Waals surface area contributed by atoms with Crippen LogP contribution in [0.3, 0.4) is 0 Å². The Hall–Kier alpha value is -1.65. The molecule has 0 aliphatic carbocycles. The van der Waals surface area contributed by atoms with Crippen LogP contribution >= 0.6 is 22.9 Å². The monoisotopic (exact) mass is 303 g/mol. The van der Waals surface area contributed by atoms with Crippen molar-refractivity contribution in [2.45, 2.75) is 20.8 Å². The number of hydrogen-bond acceptors (Lipinski definition) is 4. The molecule has 0 atom stereocenters. The lowest BCUT2D eigenvalue weighted by Gasteiger charge is -2.10. The van der Waals surface area contributed by atoms with Crippen LogP contribution in [0.1, 0.15) is 16.0 Å². The van der Waals surface area contributed by atoms with Gasteiger partial charge < -0.3 is 5.32 Å². The Balaban J connectivity index is 2.10. The minimum Gasteiger partial charge on any atom is -0.339 e. The summed E-state index contributed by atoms with van der Waals surface area (Å²) in [6.07, 6.45) is 0. The van der Waals surface area contributed by atoms with Crippen molar-refractivity contribution in [2.24, 2.45) is 0 Å². The van der Waals surface area contributed by atoms with Gasteiger partial charge in [-0.05, 0) is 50.1 Å². The van der Waals surface area contributed by atoms with Crippen LogP contribution in [0.2, 0.25) is 5.28 Å². The first-order valence-electron chi connectivity index (χ1n) is 6.31. The van der Waals surface area contributed by atoms with Crippen molar-refractivity contribution in [3.63, 3.8) is 0 Å². The van der Waals surface area contributed by atoms with Crippen LogP contribution in [0.25, 0.3) is 10.2 Å². The minimum absolute atomic E-state index is 0.270. The molecule has 0 unspecified atom stereocenters. The topological polar surface area (TPSA) is 37.8 Å². The second kappa shape index (κ2) is 5.04. The molecule has 0 aliphatic heterocycles. The van der Waals surface area contributed by atoms with Gasteiger partial charge in [0.1, 0.15) is 10.6 Å². The summed E-state index contributed by atoms with van der Waals surface area (Å²) in [7, 11) is 0. The number of aromatic nitrogens is 2. The third kappa shape index (κ3) is 2.49. The highest BCUT2D eigenvalue weighted by atomic mass is 35.5. The Labute approximate surface area is 126 Å².